The van der Waals surface area contributed by atoms with Crippen LogP contribution in [0, 0.1) is 5.92 Å². The molecule has 0 spiro atoms. The molecular weight excluding hydrogens is 282 g/mol. The van der Waals surface area contributed by atoms with Crippen LogP contribution in [-0.2, 0) is 20.8 Å². The third-order valence-corrected chi connectivity index (χ3v) is 4.12. The first-order valence-electron chi connectivity index (χ1n) is 7.75. The Bertz CT molecular complexity index is 443. The molecule has 2 rings (SSSR count). The highest BCUT2D eigenvalue weighted by atomic mass is 16.7. The standard InChI is InChI=1S/C17H25NO4/c1-20-16(21-2)15(11-13-9-6-10-13)18-17(19)22-12-14-7-4-3-5-8-14/h3-5,7-8,13,15-16H,6,9-12H2,1-2H3,(H,18,19). The number of carbonyl (C=O) groups is 1. The highest BCUT2D eigenvalue weighted by molar-refractivity contribution is 5.67. The predicted octanol–water partition coefficient (Wildman–Crippen LogP) is 3.09. The highest BCUT2D eigenvalue weighted by Crippen LogP contribution is 2.31. The number of amides is 1. The van der Waals surface area contributed by atoms with Crippen molar-refractivity contribution in [2.45, 2.75) is 44.6 Å². The van der Waals surface area contributed by atoms with Gasteiger partial charge in [-0.05, 0) is 17.9 Å². The molecule has 0 saturated heterocycles. The Hall–Kier alpha value is -1.59. The average Bonchev–Trinajstić information content (AvgIpc) is 2.50. The summed E-state index contributed by atoms with van der Waals surface area (Å²) in [6.07, 6.45) is 3.64. The molecule has 1 aliphatic rings. The van der Waals surface area contributed by atoms with Gasteiger partial charge in [-0.15, -0.1) is 0 Å². The Kier molecular flexibility index (Phi) is 6.68. The number of rotatable bonds is 8. The molecule has 1 aliphatic carbocycles. The van der Waals surface area contributed by atoms with E-state index in [0.29, 0.717) is 5.92 Å². The molecule has 5 nitrogen and oxygen atoms in total. The second-order valence-corrected chi connectivity index (χ2v) is 5.68. The molecule has 0 aromatic heterocycles. The van der Waals surface area contributed by atoms with Crippen LogP contribution in [0.3, 0.4) is 0 Å². The van der Waals surface area contributed by atoms with Crippen LogP contribution in [0.4, 0.5) is 4.79 Å². The van der Waals surface area contributed by atoms with Gasteiger partial charge in [0.2, 0.25) is 0 Å². The van der Waals surface area contributed by atoms with E-state index in [1.165, 1.54) is 19.3 Å². The van der Waals surface area contributed by atoms with Gasteiger partial charge in [0.25, 0.3) is 0 Å². The van der Waals surface area contributed by atoms with Gasteiger partial charge in [-0.25, -0.2) is 4.79 Å². The molecule has 0 bridgehead atoms. The van der Waals surface area contributed by atoms with Crippen molar-refractivity contribution < 1.29 is 19.0 Å². The summed E-state index contributed by atoms with van der Waals surface area (Å²) in [5.41, 5.74) is 0.961. The summed E-state index contributed by atoms with van der Waals surface area (Å²) in [5.74, 6) is 0.632. The van der Waals surface area contributed by atoms with Gasteiger partial charge in [-0.3, -0.25) is 0 Å². The molecule has 122 valence electrons. The number of nitrogens with one attached hydrogen (secondary N) is 1. The van der Waals surface area contributed by atoms with Crippen molar-refractivity contribution >= 4 is 6.09 Å². The van der Waals surface area contributed by atoms with E-state index in [9.17, 15) is 4.79 Å². The van der Waals surface area contributed by atoms with Crippen LogP contribution in [0.2, 0.25) is 0 Å². The lowest BCUT2D eigenvalue weighted by molar-refractivity contribution is -0.126. The maximum atomic E-state index is 12.0. The first-order valence-corrected chi connectivity index (χ1v) is 7.75. The molecule has 1 saturated carbocycles. The van der Waals surface area contributed by atoms with Crippen molar-refractivity contribution in [3.8, 4) is 0 Å². The Morgan fingerprint density at radius 1 is 1.23 bits per heavy atom. The van der Waals surface area contributed by atoms with Gasteiger partial charge in [0.05, 0.1) is 6.04 Å². The van der Waals surface area contributed by atoms with Crippen molar-refractivity contribution in [2.75, 3.05) is 14.2 Å². The van der Waals surface area contributed by atoms with Gasteiger partial charge in [0.1, 0.15) is 6.61 Å². The summed E-state index contributed by atoms with van der Waals surface area (Å²) in [6, 6.07) is 9.42. The summed E-state index contributed by atoms with van der Waals surface area (Å²) in [6.45, 7) is 0.257. The first-order chi connectivity index (χ1) is 10.7. The Balaban J connectivity index is 1.83. The van der Waals surface area contributed by atoms with Crippen molar-refractivity contribution in [2.24, 2.45) is 5.92 Å². The molecule has 1 atom stereocenters. The monoisotopic (exact) mass is 307 g/mol. The summed E-state index contributed by atoms with van der Waals surface area (Å²) < 4.78 is 15.9. The van der Waals surface area contributed by atoms with Crippen LogP contribution in [0.1, 0.15) is 31.2 Å². The molecule has 0 aliphatic heterocycles. The van der Waals surface area contributed by atoms with E-state index in [4.69, 9.17) is 14.2 Å². The third kappa shape index (κ3) is 5.00. The van der Waals surface area contributed by atoms with E-state index in [1.807, 2.05) is 30.3 Å². The van der Waals surface area contributed by atoms with Gasteiger partial charge < -0.3 is 19.5 Å². The molecular formula is C17H25NO4. The van der Waals surface area contributed by atoms with Gasteiger partial charge in [-0.1, -0.05) is 49.6 Å². The topological polar surface area (TPSA) is 56.8 Å². The Morgan fingerprint density at radius 3 is 2.45 bits per heavy atom. The molecule has 1 unspecified atom stereocenters. The van der Waals surface area contributed by atoms with E-state index >= 15 is 0 Å². The fraction of sp³-hybridized carbons (Fsp3) is 0.588. The summed E-state index contributed by atoms with van der Waals surface area (Å²) >= 11 is 0. The zero-order valence-electron chi connectivity index (χ0n) is 13.3. The van der Waals surface area contributed by atoms with Crippen molar-refractivity contribution in [3.63, 3.8) is 0 Å². The third-order valence-electron chi connectivity index (χ3n) is 4.12. The van der Waals surface area contributed by atoms with Crippen LogP contribution in [0.15, 0.2) is 30.3 Å². The molecule has 0 radical (unpaired) electrons. The van der Waals surface area contributed by atoms with Gasteiger partial charge in [0.15, 0.2) is 6.29 Å². The summed E-state index contributed by atoms with van der Waals surface area (Å²) in [4.78, 5) is 12.0. The lowest BCUT2D eigenvalue weighted by Crippen LogP contribution is -2.46. The molecule has 1 N–H and O–H groups in total. The number of alkyl carbamates (subject to hydrolysis) is 1. The van der Waals surface area contributed by atoms with E-state index in [2.05, 4.69) is 5.32 Å². The largest absolute Gasteiger partial charge is 0.445 e. The highest BCUT2D eigenvalue weighted by Gasteiger charge is 2.29. The fourth-order valence-corrected chi connectivity index (χ4v) is 2.67. The number of ether oxygens (including phenoxy) is 3. The average molecular weight is 307 g/mol. The van der Waals surface area contributed by atoms with Crippen molar-refractivity contribution in [1.82, 2.24) is 5.32 Å². The number of hydrogen-bond acceptors (Lipinski definition) is 4. The normalized spacial score (nSPS) is 16.1. The minimum absolute atomic E-state index is 0.191. The van der Waals surface area contributed by atoms with Crippen LogP contribution >= 0.6 is 0 Å². The second kappa shape index (κ2) is 8.76. The van der Waals surface area contributed by atoms with Gasteiger partial charge >= 0.3 is 6.09 Å². The summed E-state index contributed by atoms with van der Waals surface area (Å²) in [7, 11) is 3.16. The van der Waals surface area contributed by atoms with E-state index < -0.39 is 12.4 Å². The van der Waals surface area contributed by atoms with Gasteiger partial charge in [-0.2, -0.15) is 0 Å². The number of benzene rings is 1. The zero-order valence-corrected chi connectivity index (χ0v) is 13.3. The number of methoxy groups -OCH3 is 2. The molecule has 0 heterocycles. The van der Waals surface area contributed by atoms with Crippen molar-refractivity contribution in [1.29, 1.82) is 0 Å². The van der Waals surface area contributed by atoms with Crippen LogP contribution in [0.5, 0.6) is 0 Å². The minimum Gasteiger partial charge on any atom is -0.445 e. The molecule has 1 aromatic carbocycles. The minimum atomic E-state index is -0.454. The molecule has 5 heteroatoms. The summed E-state index contributed by atoms with van der Waals surface area (Å²) in [5, 5.41) is 2.88. The molecule has 1 aromatic rings. The fourth-order valence-electron chi connectivity index (χ4n) is 2.67. The van der Waals surface area contributed by atoms with Crippen LogP contribution in [-0.4, -0.2) is 32.6 Å². The second-order valence-electron chi connectivity index (χ2n) is 5.68. The Morgan fingerprint density at radius 2 is 1.91 bits per heavy atom. The van der Waals surface area contributed by atoms with Crippen LogP contribution < -0.4 is 5.32 Å². The molecule has 1 amide bonds. The first kappa shape index (κ1) is 16.8. The van der Waals surface area contributed by atoms with E-state index in [0.717, 1.165) is 12.0 Å². The number of hydrogen-bond donors (Lipinski definition) is 1. The zero-order chi connectivity index (χ0) is 15.8. The maximum Gasteiger partial charge on any atom is 0.407 e. The van der Waals surface area contributed by atoms with Gasteiger partial charge in [0, 0.05) is 14.2 Å². The van der Waals surface area contributed by atoms with E-state index in [-0.39, 0.29) is 12.6 Å². The molecule has 1 fully saturated rings. The lowest BCUT2D eigenvalue weighted by atomic mass is 9.80. The van der Waals surface area contributed by atoms with E-state index in [1.54, 1.807) is 14.2 Å². The Labute approximate surface area is 131 Å². The quantitative estimate of drug-likeness (QED) is 0.750. The van der Waals surface area contributed by atoms with Crippen LogP contribution in [0.25, 0.3) is 0 Å². The SMILES string of the molecule is COC(OC)C(CC1CCC1)NC(=O)OCc1ccccc1. The number of carbonyl (C=O) groups excluding carboxylic acids is 1. The lowest BCUT2D eigenvalue weighted by Gasteiger charge is -2.32. The predicted molar refractivity (Wildman–Crippen MR) is 83.3 cm³/mol. The maximum absolute atomic E-state index is 12.0. The molecule has 22 heavy (non-hydrogen) atoms. The van der Waals surface area contributed by atoms with Crippen molar-refractivity contribution in [3.05, 3.63) is 35.9 Å². The smallest absolute Gasteiger partial charge is 0.407 e.